The SMILES string of the molecule is COc1ccc(SCCC(=O)N[C@H](CC(C)C)C(=O)O)cc1OC. The monoisotopic (exact) mass is 355 g/mol. The molecular formula is C17H25NO5S. The number of carboxylic acids is 1. The molecule has 0 radical (unpaired) electrons. The van der Waals surface area contributed by atoms with Gasteiger partial charge in [-0.05, 0) is 30.5 Å². The highest BCUT2D eigenvalue weighted by Crippen LogP contribution is 2.31. The lowest BCUT2D eigenvalue weighted by atomic mass is 10.0. The fourth-order valence-electron chi connectivity index (χ4n) is 2.13. The first-order chi connectivity index (χ1) is 11.4. The molecule has 0 saturated heterocycles. The van der Waals surface area contributed by atoms with Crippen LogP contribution < -0.4 is 14.8 Å². The summed E-state index contributed by atoms with van der Waals surface area (Å²) in [6.45, 7) is 3.85. The molecule has 7 heteroatoms. The van der Waals surface area contributed by atoms with Gasteiger partial charge in [0, 0.05) is 17.1 Å². The summed E-state index contributed by atoms with van der Waals surface area (Å²) in [5.41, 5.74) is 0. The molecule has 0 saturated carbocycles. The maximum absolute atomic E-state index is 11.9. The van der Waals surface area contributed by atoms with Gasteiger partial charge in [-0.1, -0.05) is 13.8 Å². The fourth-order valence-corrected chi connectivity index (χ4v) is 3.01. The van der Waals surface area contributed by atoms with Crippen LogP contribution in [0.25, 0.3) is 0 Å². The summed E-state index contributed by atoms with van der Waals surface area (Å²) in [6, 6.07) is 4.72. The van der Waals surface area contributed by atoms with Crippen LogP contribution in [0.1, 0.15) is 26.7 Å². The van der Waals surface area contributed by atoms with E-state index in [1.165, 1.54) is 11.8 Å². The Morgan fingerprint density at radius 1 is 1.21 bits per heavy atom. The minimum atomic E-state index is -0.996. The number of hydrogen-bond acceptors (Lipinski definition) is 5. The molecule has 1 aromatic rings. The molecule has 6 nitrogen and oxygen atoms in total. The molecule has 2 N–H and O–H groups in total. The van der Waals surface area contributed by atoms with Crippen LogP contribution in [0.3, 0.4) is 0 Å². The van der Waals surface area contributed by atoms with Gasteiger partial charge in [-0.3, -0.25) is 4.79 Å². The fraction of sp³-hybridized carbons (Fsp3) is 0.529. The van der Waals surface area contributed by atoms with Gasteiger partial charge >= 0.3 is 5.97 Å². The van der Waals surface area contributed by atoms with Gasteiger partial charge in [0.1, 0.15) is 6.04 Å². The van der Waals surface area contributed by atoms with E-state index in [1.807, 2.05) is 32.0 Å². The summed E-state index contributed by atoms with van der Waals surface area (Å²) in [5.74, 6) is 0.788. The van der Waals surface area contributed by atoms with Gasteiger partial charge in [0.25, 0.3) is 0 Å². The number of rotatable bonds is 10. The number of thioether (sulfide) groups is 1. The molecule has 0 aliphatic heterocycles. The molecule has 1 rings (SSSR count). The highest BCUT2D eigenvalue weighted by atomic mass is 32.2. The van der Waals surface area contributed by atoms with E-state index in [1.54, 1.807) is 14.2 Å². The lowest BCUT2D eigenvalue weighted by Gasteiger charge is -2.16. The molecule has 1 atom stereocenters. The molecular weight excluding hydrogens is 330 g/mol. The number of carbonyl (C=O) groups excluding carboxylic acids is 1. The maximum atomic E-state index is 11.9. The second-order valence-electron chi connectivity index (χ2n) is 5.70. The molecule has 0 fully saturated rings. The third-order valence-corrected chi connectivity index (χ3v) is 4.29. The normalized spacial score (nSPS) is 11.9. The van der Waals surface area contributed by atoms with Gasteiger partial charge in [-0.2, -0.15) is 0 Å². The van der Waals surface area contributed by atoms with Crippen molar-refractivity contribution in [3.05, 3.63) is 18.2 Å². The smallest absolute Gasteiger partial charge is 0.326 e. The summed E-state index contributed by atoms with van der Waals surface area (Å²) in [7, 11) is 3.14. The molecule has 0 unspecified atom stereocenters. The van der Waals surface area contributed by atoms with Crippen molar-refractivity contribution in [1.29, 1.82) is 0 Å². The minimum absolute atomic E-state index is 0.201. The van der Waals surface area contributed by atoms with E-state index >= 15 is 0 Å². The zero-order chi connectivity index (χ0) is 18.1. The predicted molar refractivity (Wildman–Crippen MR) is 93.9 cm³/mol. The average Bonchev–Trinajstić information content (AvgIpc) is 2.53. The van der Waals surface area contributed by atoms with Gasteiger partial charge in [-0.25, -0.2) is 4.79 Å². The summed E-state index contributed by atoms with van der Waals surface area (Å²) < 4.78 is 10.4. The predicted octanol–water partition coefficient (Wildman–Crippen LogP) is 2.80. The Morgan fingerprint density at radius 3 is 2.42 bits per heavy atom. The Labute approximate surface area is 146 Å². The second-order valence-corrected chi connectivity index (χ2v) is 6.87. The third-order valence-electron chi connectivity index (χ3n) is 3.29. The van der Waals surface area contributed by atoms with Crippen molar-refractivity contribution in [2.45, 2.75) is 37.6 Å². The van der Waals surface area contributed by atoms with Crippen LogP contribution in [0.4, 0.5) is 0 Å². The Kier molecular flexibility index (Phi) is 8.46. The molecule has 1 aromatic carbocycles. The number of ether oxygens (including phenoxy) is 2. The van der Waals surface area contributed by atoms with Crippen LogP contribution in [0.2, 0.25) is 0 Å². The largest absolute Gasteiger partial charge is 0.493 e. The highest BCUT2D eigenvalue weighted by molar-refractivity contribution is 7.99. The average molecular weight is 355 g/mol. The van der Waals surface area contributed by atoms with E-state index in [0.29, 0.717) is 23.7 Å². The van der Waals surface area contributed by atoms with Gasteiger partial charge in [-0.15, -0.1) is 11.8 Å². The van der Waals surface area contributed by atoms with Crippen molar-refractivity contribution in [3.63, 3.8) is 0 Å². The van der Waals surface area contributed by atoms with Gasteiger partial charge in [0.2, 0.25) is 5.91 Å². The van der Waals surface area contributed by atoms with E-state index in [9.17, 15) is 9.59 Å². The summed E-state index contributed by atoms with van der Waals surface area (Å²) in [6.07, 6.45) is 0.671. The summed E-state index contributed by atoms with van der Waals surface area (Å²) >= 11 is 1.50. The molecule has 134 valence electrons. The lowest BCUT2D eigenvalue weighted by molar-refractivity contribution is -0.142. The van der Waals surface area contributed by atoms with Crippen LogP contribution in [0, 0.1) is 5.92 Å². The van der Waals surface area contributed by atoms with Crippen LogP contribution in [-0.4, -0.2) is 43.0 Å². The van der Waals surface area contributed by atoms with Gasteiger partial charge in [0.05, 0.1) is 14.2 Å². The number of carboxylic acid groups (broad SMARTS) is 1. The second kappa shape index (κ2) is 10.1. The van der Waals surface area contributed by atoms with Crippen molar-refractivity contribution in [2.24, 2.45) is 5.92 Å². The number of amides is 1. The van der Waals surface area contributed by atoms with E-state index in [-0.39, 0.29) is 18.2 Å². The number of nitrogens with one attached hydrogen (secondary N) is 1. The Bertz CT molecular complexity index is 562. The van der Waals surface area contributed by atoms with Gasteiger partial charge in [0.15, 0.2) is 11.5 Å². The Balaban J connectivity index is 2.49. The van der Waals surface area contributed by atoms with Crippen LogP contribution in [-0.2, 0) is 9.59 Å². The first-order valence-electron chi connectivity index (χ1n) is 7.74. The van der Waals surface area contributed by atoms with Crippen LogP contribution >= 0.6 is 11.8 Å². The molecule has 0 aliphatic rings. The third kappa shape index (κ3) is 6.70. The van der Waals surface area contributed by atoms with Crippen molar-refractivity contribution in [3.8, 4) is 11.5 Å². The van der Waals surface area contributed by atoms with E-state index in [0.717, 1.165) is 4.90 Å². The van der Waals surface area contributed by atoms with Crippen molar-refractivity contribution < 1.29 is 24.2 Å². The number of benzene rings is 1. The first kappa shape index (κ1) is 20.2. The Morgan fingerprint density at radius 2 is 1.88 bits per heavy atom. The molecule has 0 aromatic heterocycles. The van der Waals surface area contributed by atoms with E-state index < -0.39 is 12.0 Å². The van der Waals surface area contributed by atoms with Gasteiger partial charge < -0.3 is 19.9 Å². The van der Waals surface area contributed by atoms with E-state index in [2.05, 4.69) is 5.32 Å². The van der Waals surface area contributed by atoms with E-state index in [4.69, 9.17) is 14.6 Å². The topological polar surface area (TPSA) is 84.9 Å². The molecule has 0 aliphatic carbocycles. The molecule has 0 bridgehead atoms. The standard InChI is InChI=1S/C17H25NO5S/c1-11(2)9-13(17(20)21)18-16(19)7-8-24-12-5-6-14(22-3)15(10-12)23-4/h5-6,10-11,13H,7-9H2,1-4H3,(H,18,19)(H,20,21)/t13-/m1/s1. The Hall–Kier alpha value is -1.89. The zero-order valence-corrected chi connectivity index (χ0v) is 15.3. The highest BCUT2D eigenvalue weighted by Gasteiger charge is 2.20. The van der Waals surface area contributed by atoms with Crippen molar-refractivity contribution in [1.82, 2.24) is 5.32 Å². The molecule has 1 amide bonds. The number of methoxy groups -OCH3 is 2. The quantitative estimate of drug-likeness (QED) is 0.628. The van der Waals surface area contributed by atoms with Crippen LogP contribution in [0.5, 0.6) is 11.5 Å². The summed E-state index contributed by atoms with van der Waals surface area (Å²) in [4.78, 5) is 24.0. The number of carbonyl (C=O) groups is 2. The minimum Gasteiger partial charge on any atom is -0.493 e. The van der Waals surface area contributed by atoms with Crippen molar-refractivity contribution in [2.75, 3.05) is 20.0 Å². The number of aliphatic carboxylic acids is 1. The molecule has 0 spiro atoms. The van der Waals surface area contributed by atoms with Crippen molar-refractivity contribution >= 4 is 23.6 Å². The summed E-state index contributed by atoms with van der Waals surface area (Å²) in [5, 5.41) is 11.7. The number of hydrogen-bond donors (Lipinski definition) is 2. The maximum Gasteiger partial charge on any atom is 0.326 e. The van der Waals surface area contributed by atoms with Crippen LogP contribution in [0.15, 0.2) is 23.1 Å². The lowest BCUT2D eigenvalue weighted by Crippen LogP contribution is -2.41. The molecule has 24 heavy (non-hydrogen) atoms. The zero-order valence-electron chi connectivity index (χ0n) is 14.5. The molecule has 0 heterocycles. The first-order valence-corrected chi connectivity index (χ1v) is 8.73.